The second-order valence-electron chi connectivity index (χ2n) is 6.14. The first-order valence-corrected chi connectivity index (χ1v) is 7.92. The van der Waals surface area contributed by atoms with Gasteiger partial charge in [-0.05, 0) is 55.5 Å². The Morgan fingerprint density at radius 2 is 1.71 bits per heavy atom. The van der Waals surface area contributed by atoms with Crippen LogP contribution in [0.1, 0.15) is 20.8 Å². The van der Waals surface area contributed by atoms with E-state index >= 15 is 0 Å². The fourth-order valence-electron chi connectivity index (χ4n) is 1.83. The molecule has 0 saturated heterocycles. The van der Waals surface area contributed by atoms with Gasteiger partial charge in [0.05, 0.1) is 12.7 Å². The van der Waals surface area contributed by atoms with E-state index in [1.807, 2.05) is 52.1 Å². The van der Waals surface area contributed by atoms with E-state index in [2.05, 4.69) is 33.2 Å². The first-order valence-electron chi connectivity index (χ1n) is 6.84. The largest absolute Gasteiger partial charge is 0.347 e. The molecule has 1 rings (SSSR count). The van der Waals surface area contributed by atoms with Crippen LogP contribution in [0.2, 0.25) is 0 Å². The van der Waals surface area contributed by atoms with E-state index in [-0.39, 0.29) is 30.4 Å². The molecule has 1 unspecified atom stereocenters. The number of nitrogens with one attached hydrogen (secondary N) is 3. The van der Waals surface area contributed by atoms with E-state index in [0.29, 0.717) is 0 Å². The summed E-state index contributed by atoms with van der Waals surface area (Å²) in [5.41, 5.74) is 0.551. The average Bonchev–Trinajstić information content (AvgIpc) is 2.28. The van der Waals surface area contributed by atoms with Gasteiger partial charge in [0.25, 0.3) is 11.8 Å². The molecule has 1 aromatic rings. The van der Waals surface area contributed by atoms with Gasteiger partial charge in [0.1, 0.15) is 0 Å². The predicted octanol–water partition coefficient (Wildman–Crippen LogP) is 0.659. The molecule has 0 aromatic heterocycles. The van der Waals surface area contributed by atoms with Gasteiger partial charge in [0.2, 0.25) is 0 Å². The Kier molecular flexibility index (Phi) is 6.60. The average molecular weight is 404 g/mol. The third-order valence-electron chi connectivity index (χ3n) is 2.59. The highest BCUT2D eigenvalue weighted by atomic mass is 127. The summed E-state index contributed by atoms with van der Waals surface area (Å²) < 4.78 is 0.992. The molecular weight excluding hydrogens is 381 g/mol. The summed E-state index contributed by atoms with van der Waals surface area (Å²) >= 11 is 2.18. The van der Waals surface area contributed by atoms with Crippen molar-refractivity contribution >= 4 is 40.1 Å². The topological polar surface area (TPSA) is 62.6 Å². The Balaban J connectivity index is 2.44. The molecule has 116 valence electrons. The van der Waals surface area contributed by atoms with Crippen LogP contribution < -0.4 is 15.5 Å². The van der Waals surface area contributed by atoms with Gasteiger partial charge in [-0.2, -0.15) is 0 Å². The van der Waals surface area contributed by atoms with Crippen molar-refractivity contribution in [3.05, 3.63) is 27.8 Å². The number of hydrogen-bond donors (Lipinski definition) is 3. The summed E-state index contributed by atoms with van der Waals surface area (Å²) in [6.45, 7) is 6.33. The number of carbonyl (C=O) groups excluding carboxylic acids is 2. The molecule has 1 atom stereocenters. The molecule has 0 fully saturated rings. The molecule has 0 saturated carbocycles. The lowest BCUT2D eigenvalue weighted by Gasteiger charge is -2.21. The SMILES string of the molecule is C[NH+](CC(=O)Nc1ccccc1I)CC(=O)NC(C)(C)C. The normalized spacial score (nSPS) is 12.6. The van der Waals surface area contributed by atoms with Gasteiger partial charge in [-0.1, -0.05) is 12.1 Å². The molecule has 6 heteroatoms. The van der Waals surface area contributed by atoms with E-state index in [1.54, 1.807) is 0 Å². The lowest BCUT2D eigenvalue weighted by molar-refractivity contribution is -0.862. The highest BCUT2D eigenvalue weighted by Crippen LogP contribution is 2.16. The number of halogens is 1. The van der Waals surface area contributed by atoms with Crippen LogP contribution in [-0.4, -0.2) is 37.5 Å². The number of carbonyl (C=O) groups is 2. The maximum atomic E-state index is 12.0. The lowest BCUT2D eigenvalue weighted by atomic mass is 10.1. The minimum atomic E-state index is -0.250. The highest BCUT2D eigenvalue weighted by Gasteiger charge is 2.18. The van der Waals surface area contributed by atoms with E-state index in [0.717, 1.165) is 14.2 Å². The Bertz CT molecular complexity index is 512. The zero-order valence-electron chi connectivity index (χ0n) is 12.9. The minimum Gasteiger partial charge on any atom is -0.347 e. The van der Waals surface area contributed by atoms with E-state index < -0.39 is 0 Å². The molecule has 0 spiro atoms. The zero-order chi connectivity index (χ0) is 16.0. The van der Waals surface area contributed by atoms with Gasteiger partial charge >= 0.3 is 0 Å². The molecular formula is C15H23IN3O2+. The summed E-state index contributed by atoms with van der Waals surface area (Å²) in [4.78, 5) is 24.6. The molecule has 0 heterocycles. The number of rotatable bonds is 5. The predicted molar refractivity (Wildman–Crippen MR) is 92.3 cm³/mol. The summed E-state index contributed by atoms with van der Waals surface area (Å²) in [5.74, 6) is -0.151. The standard InChI is InChI=1S/C15H22IN3O2/c1-15(2,3)18-14(21)10-19(4)9-13(20)17-12-8-6-5-7-11(12)16/h5-8H,9-10H2,1-4H3,(H,17,20)(H,18,21)/p+1. The second-order valence-corrected chi connectivity index (χ2v) is 7.30. The fourth-order valence-corrected chi connectivity index (χ4v) is 2.35. The van der Waals surface area contributed by atoms with Gasteiger partial charge in [-0.15, -0.1) is 0 Å². The molecule has 0 bridgehead atoms. The van der Waals surface area contributed by atoms with Crippen LogP contribution in [0.4, 0.5) is 5.69 Å². The maximum absolute atomic E-state index is 12.0. The van der Waals surface area contributed by atoms with Crippen LogP contribution in [0.5, 0.6) is 0 Å². The Labute approximate surface area is 139 Å². The van der Waals surface area contributed by atoms with Crippen molar-refractivity contribution in [1.82, 2.24) is 5.32 Å². The molecule has 3 N–H and O–H groups in total. The molecule has 0 aliphatic carbocycles. The number of anilines is 1. The van der Waals surface area contributed by atoms with Crippen LogP contribution in [0.15, 0.2) is 24.3 Å². The molecule has 5 nitrogen and oxygen atoms in total. The number of quaternary nitrogens is 1. The molecule has 21 heavy (non-hydrogen) atoms. The van der Waals surface area contributed by atoms with Crippen molar-refractivity contribution in [3.8, 4) is 0 Å². The Morgan fingerprint density at radius 1 is 1.14 bits per heavy atom. The smallest absolute Gasteiger partial charge is 0.279 e. The first-order chi connectivity index (χ1) is 9.67. The van der Waals surface area contributed by atoms with Crippen molar-refractivity contribution in [1.29, 1.82) is 0 Å². The zero-order valence-corrected chi connectivity index (χ0v) is 15.1. The van der Waals surface area contributed by atoms with Crippen LogP contribution in [0, 0.1) is 3.57 Å². The molecule has 1 aromatic carbocycles. The van der Waals surface area contributed by atoms with Crippen molar-refractivity contribution in [3.63, 3.8) is 0 Å². The number of hydrogen-bond acceptors (Lipinski definition) is 2. The van der Waals surface area contributed by atoms with Gasteiger partial charge in [-0.3, -0.25) is 9.59 Å². The minimum absolute atomic E-state index is 0.0536. The van der Waals surface area contributed by atoms with Crippen molar-refractivity contribution in [2.75, 3.05) is 25.5 Å². The van der Waals surface area contributed by atoms with E-state index in [1.165, 1.54) is 0 Å². The quantitative estimate of drug-likeness (QED) is 0.632. The summed E-state index contributed by atoms with van der Waals surface area (Å²) in [6, 6.07) is 7.60. The number of amides is 2. The summed E-state index contributed by atoms with van der Waals surface area (Å²) in [5, 5.41) is 5.75. The van der Waals surface area contributed by atoms with E-state index in [9.17, 15) is 9.59 Å². The van der Waals surface area contributed by atoms with Crippen LogP contribution in [0.3, 0.4) is 0 Å². The first kappa shape index (κ1) is 17.9. The Morgan fingerprint density at radius 3 is 2.29 bits per heavy atom. The van der Waals surface area contributed by atoms with Gasteiger partial charge in [-0.25, -0.2) is 0 Å². The molecule has 0 aliphatic rings. The fraction of sp³-hybridized carbons (Fsp3) is 0.467. The molecule has 0 radical (unpaired) electrons. The summed E-state index contributed by atoms with van der Waals surface area (Å²) in [6.07, 6.45) is 0. The third kappa shape index (κ3) is 7.42. The van der Waals surface area contributed by atoms with Crippen LogP contribution in [-0.2, 0) is 9.59 Å². The van der Waals surface area contributed by atoms with Crippen LogP contribution in [0.25, 0.3) is 0 Å². The number of likely N-dealkylation sites (N-methyl/N-ethyl adjacent to an activating group) is 1. The van der Waals surface area contributed by atoms with E-state index in [4.69, 9.17) is 0 Å². The molecule has 2 amide bonds. The second kappa shape index (κ2) is 7.74. The highest BCUT2D eigenvalue weighted by molar-refractivity contribution is 14.1. The third-order valence-corrected chi connectivity index (χ3v) is 3.53. The lowest BCUT2D eigenvalue weighted by Crippen LogP contribution is -3.11. The van der Waals surface area contributed by atoms with Crippen molar-refractivity contribution in [2.24, 2.45) is 0 Å². The van der Waals surface area contributed by atoms with Crippen molar-refractivity contribution in [2.45, 2.75) is 26.3 Å². The summed E-state index contributed by atoms with van der Waals surface area (Å²) in [7, 11) is 1.83. The number of para-hydroxylation sites is 1. The Hall–Kier alpha value is -1.15. The molecule has 0 aliphatic heterocycles. The monoisotopic (exact) mass is 404 g/mol. The van der Waals surface area contributed by atoms with Crippen LogP contribution >= 0.6 is 22.6 Å². The number of benzene rings is 1. The van der Waals surface area contributed by atoms with Crippen molar-refractivity contribution < 1.29 is 14.5 Å². The van der Waals surface area contributed by atoms with Gasteiger partial charge in [0.15, 0.2) is 13.1 Å². The maximum Gasteiger partial charge on any atom is 0.279 e. The van der Waals surface area contributed by atoms with Gasteiger partial charge < -0.3 is 15.5 Å². The van der Waals surface area contributed by atoms with Gasteiger partial charge in [0, 0.05) is 9.11 Å².